The number of carbonyl (C=O) groups excluding carboxylic acids is 1. The molecule has 0 saturated carbocycles. The van der Waals surface area contributed by atoms with Crippen molar-refractivity contribution in [1.82, 2.24) is 5.43 Å². The van der Waals surface area contributed by atoms with Gasteiger partial charge in [0.05, 0.1) is 6.21 Å². The second-order valence-corrected chi connectivity index (χ2v) is 7.50. The summed E-state index contributed by atoms with van der Waals surface area (Å²) in [6, 6.07) is 11.6. The maximum absolute atomic E-state index is 12.9. The van der Waals surface area contributed by atoms with Crippen LogP contribution in [0.1, 0.15) is 54.6 Å². The molecular weight excluding hydrogens is 329 g/mol. The van der Waals surface area contributed by atoms with Crippen molar-refractivity contribution in [2.75, 3.05) is 11.9 Å². The number of nitrogens with zero attached hydrogens (tertiary/aromatic N) is 2. The Morgan fingerprint density at radius 2 is 1.96 bits per heavy atom. The number of halogens is 1. The summed E-state index contributed by atoms with van der Waals surface area (Å²) >= 11 is 0. The Morgan fingerprint density at radius 3 is 2.65 bits per heavy atom. The molecule has 0 fully saturated rings. The van der Waals surface area contributed by atoms with Crippen LogP contribution in [0.25, 0.3) is 0 Å². The van der Waals surface area contributed by atoms with Gasteiger partial charge in [-0.2, -0.15) is 5.10 Å². The minimum absolute atomic E-state index is 0.130. The molecule has 1 aliphatic rings. The summed E-state index contributed by atoms with van der Waals surface area (Å²) < 4.78 is 12.9. The molecule has 1 atom stereocenters. The molecule has 26 heavy (non-hydrogen) atoms. The normalized spacial score (nSPS) is 18.7. The van der Waals surface area contributed by atoms with E-state index >= 15 is 0 Å². The molecule has 1 heterocycles. The van der Waals surface area contributed by atoms with Gasteiger partial charge in [0.15, 0.2) is 0 Å². The van der Waals surface area contributed by atoms with Crippen LogP contribution in [0.2, 0.25) is 0 Å². The lowest BCUT2D eigenvalue weighted by molar-refractivity contribution is 0.0955. The molecule has 2 aromatic rings. The SMILES string of the molecule is CC1CC(C)(C)N(C)c2ccc(/C=N/NC(=O)c3ccc(F)cc3)cc21. The highest BCUT2D eigenvalue weighted by Gasteiger charge is 2.33. The smallest absolute Gasteiger partial charge is 0.271 e. The lowest BCUT2D eigenvalue weighted by Crippen LogP contribution is -2.45. The van der Waals surface area contributed by atoms with Crippen LogP contribution < -0.4 is 10.3 Å². The van der Waals surface area contributed by atoms with Crippen LogP contribution in [0.5, 0.6) is 0 Å². The van der Waals surface area contributed by atoms with E-state index in [1.165, 1.54) is 35.5 Å². The Hall–Kier alpha value is -2.69. The Labute approximate surface area is 153 Å². The summed E-state index contributed by atoms with van der Waals surface area (Å²) in [6.07, 6.45) is 2.71. The number of hydrogen-bond donors (Lipinski definition) is 1. The first-order valence-electron chi connectivity index (χ1n) is 8.75. The van der Waals surface area contributed by atoms with E-state index in [1.807, 2.05) is 6.07 Å². The average Bonchev–Trinajstić information content (AvgIpc) is 2.60. The topological polar surface area (TPSA) is 44.7 Å². The first kappa shape index (κ1) is 18.1. The molecule has 136 valence electrons. The van der Waals surface area contributed by atoms with E-state index in [9.17, 15) is 9.18 Å². The van der Waals surface area contributed by atoms with Crippen LogP contribution >= 0.6 is 0 Å². The third-order valence-corrected chi connectivity index (χ3v) is 5.14. The van der Waals surface area contributed by atoms with E-state index in [-0.39, 0.29) is 17.3 Å². The van der Waals surface area contributed by atoms with Gasteiger partial charge < -0.3 is 4.90 Å². The van der Waals surface area contributed by atoms with Crippen LogP contribution in [0.15, 0.2) is 47.6 Å². The molecule has 0 saturated heterocycles. The molecule has 0 radical (unpaired) electrons. The Balaban J connectivity index is 1.73. The van der Waals surface area contributed by atoms with E-state index in [0.29, 0.717) is 11.5 Å². The maximum Gasteiger partial charge on any atom is 0.271 e. The van der Waals surface area contributed by atoms with Gasteiger partial charge in [0.25, 0.3) is 5.91 Å². The largest absolute Gasteiger partial charge is 0.369 e. The van der Waals surface area contributed by atoms with Gasteiger partial charge in [-0.1, -0.05) is 13.0 Å². The van der Waals surface area contributed by atoms with E-state index < -0.39 is 0 Å². The molecule has 0 spiro atoms. The minimum atomic E-state index is -0.374. The number of hydrogen-bond acceptors (Lipinski definition) is 3. The first-order valence-corrected chi connectivity index (χ1v) is 8.75. The van der Waals surface area contributed by atoms with E-state index in [4.69, 9.17) is 0 Å². The molecule has 0 bridgehead atoms. The zero-order chi connectivity index (χ0) is 18.9. The predicted molar refractivity (Wildman–Crippen MR) is 103 cm³/mol. The highest BCUT2D eigenvalue weighted by atomic mass is 19.1. The number of benzene rings is 2. The monoisotopic (exact) mass is 353 g/mol. The summed E-state index contributed by atoms with van der Waals surface area (Å²) in [7, 11) is 2.13. The maximum atomic E-state index is 12.9. The summed E-state index contributed by atoms with van der Waals surface area (Å²) in [5, 5.41) is 4.03. The minimum Gasteiger partial charge on any atom is -0.369 e. The molecule has 1 amide bonds. The lowest BCUT2D eigenvalue weighted by Gasteiger charge is -2.45. The molecular formula is C21H24FN3O. The zero-order valence-electron chi connectivity index (χ0n) is 15.6. The van der Waals surface area contributed by atoms with Crippen molar-refractivity contribution >= 4 is 17.8 Å². The number of amides is 1. The quantitative estimate of drug-likeness (QED) is 0.660. The summed E-state index contributed by atoms with van der Waals surface area (Å²) in [4.78, 5) is 14.3. The molecule has 1 aliphatic heterocycles. The third kappa shape index (κ3) is 3.62. The van der Waals surface area contributed by atoms with Crippen molar-refractivity contribution in [2.45, 2.75) is 38.6 Å². The lowest BCUT2D eigenvalue weighted by atomic mass is 9.80. The molecule has 5 heteroatoms. The number of carbonyl (C=O) groups is 1. The van der Waals surface area contributed by atoms with Crippen LogP contribution in [0.4, 0.5) is 10.1 Å². The van der Waals surface area contributed by atoms with E-state index in [2.05, 4.69) is 55.4 Å². The molecule has 2 aromatic carbocycles. The summed E-state index contributed by atoms with van der Waals surface area (Å²) in [5.41, 5.74) is 6.44. The number of rotatable bonds is 3. The van der Waals surface area contributed by atoms with Gasteiger partial charge in [-0.15, -0.1) is 0 Å². The molecule has 4 nitrogen and oxygen atoms in total. The number of hydrazone groups is 1. The Kier molecular flexibility index (Phi) is 4.81. The fraction of sp³-hybridized carbons (Fsp3) is 0.333. The number of anilines is 1. The van der Waals surface area contributed by atoms with Gasteiger partial charge in [0.1, 0.15) is 5.82 Å². The van der Waals surface area contributed by atoms with Gasteiger partial charge in [-0.25, -0.2) is 9.82 Å². The van der Waals surface area contributed by atoms with E-state index in [1.54, 1.807) is 6.21 Å². The van der Waals surface area contributed by atoms with Gasteiger partial charge in [0.2, 0.25) is 0 Å². The van der Waals surface area contributed by atoms with Gasteiger partial charge in [-0.3, -0.25) is 4.79 Å². The van der Waals surface area contributed by atoms with Gasteiger partial charge in [-0.05, 0) is 73.7 Å². The summed E-state index contributed by atoms with van der Waals surface area (Å²) in [6.45, 7) is 6.75. The molecule has 3 rings (SSSR count). The second kappa shape index (κ2) is 6.90. The molecule has 1 N–H and O–H groups in total. The van der Waals surface area contributed by atoms with Crippen molar-refractivity contribution in [1.29, 1.82) is 0 Å². The van der Waals surface area contributed by atoms with Crippen molar-refractivity contribution < 1.29 is 9.18 Å². The van der Waals surface area contributed by atoms with Crippen LogP contribution in [-0.4, -0.2) is 24.7 Å². The predicted octanol–water partition coefficient (Wildman–Crippen LogP) is 4.31. The molecule has 0 aliphatic carbocycles. The van der Waals surface area contributed by atoms with Gasteiger partial charge >= 0.3 is 0 Å². The van der Waals surface area contributed by atoms with Crippen molar-refractivity contribution in [3.63, 3.8) is 0 Å². The first-order chi connectivity index (χ1) is 12.3. The van der Waals surface area contributed by atoms with Crippen molar-refractivity contribution in [3.8, 4) is 0 Å². The number of nitrogens with one attached hydrogen (secondary N) is 1. The zero-order valence-corrected chi connectivity index (χ0v) is 15.6. The van der Waals surface area contributed by atoms with Crippen molar-refractivity contribution in [3.05, 3.63) is 65.0 Å². The van der Waals surface area contributed by atoms with Crippen LogP contribution in [0.3, 0.4) is 0 Å². The second-order valence-electron chi connectivity index (χ2n) is 7.50. The Morgan fingerprint density at radius 1 is 1.27 bits per heavy atom. The highest BCUT2D eigenvalue weighted by Crippen LogP contribution is 2.42. The van der Waals surface area contributed by atoms with E-state index in [0.717, 1.165) is 12.0 Å². The molecule has 0 aromatic heterocycles. The average molecular weight is 353 g/mol. The highest BCUT2D eigenvalue weighted by molar-refractivity contribution is 5.94. The van der Waals surface area contributed by atoms with Crippen molar-refractivity contribution in [2.24, 2.45) is 5.10 Å². The standard InChI is InChI=1S/C21H24FN3O/c1-14-12-21(2,3)25(4)19-10-5-15(11-18(14)19)13-23-24-20(26)16-6-8-17(22)9-7-16/h5-11,13-14H,12H2,1-4H3,(H,24,26)/b23-13+. The number of fused-ring (bicyclic) bond motifs is 1. The van der Waals surface area contributed by atoms with Crippen LogP contribution in [0, 0.1) is 5.82 Å². The summed E-state index contributed by atoms with van der Waals surface area (Å²) in [5.74, 6) is -0.284. The van der Waals surface area contributed by atoms with Crippen LogP contribution in [-0.2, 0) is 0 Å². The molecule has 1 unspecified atom stereocenters. The fourth-order valence-electron chi connectivity index (χ4n) is 3.51. The van der Waals surface area contributed by atoms with Gasteiger partial charge in [0, 0.05) is 23.8 Å². The Bertz CT molecular complexity index is 843. The fourth-order valence-corrected chi connectivity index (χ4v) is 3.51. The third-order valence-electron chi connectivity index (χ3n) is 5.14.